The number of carbonyl (C=O) groups is 2. The molecule has 0 aliphatic carbocycles. The number of Topliss-reactive ketones (excluding diaryl/α,β-unsaturated/α-hetero) is 1. The molecular formula is C22H25BrO4. The van der Waals surface area contributed by atoms with Crippen LogP contribution in [0.1, 0.15) is 59.7 Å². The molecule has 0 aromatic heterocycles. The van der Waals surface area contributed by atoms with Gasteiger partial charge in [0.15, 0.2) is 6.61 Å². The van der Waals surface area contributed by atoms with E-state index in [2.05, 4.69) is 22.9 Å². The number of esters is 1. The van der Waals surface area contributed by atoms with Crippen LogP contribution in [0.3, 0.4) is 0 Å². The highest BCUT2D eigenvalue weighted by molar-refractivity contribution is 9.10. The van der Waals surface area contributed by atoms with Crippen molar-refractivity contribution in [2.45, 2.75) is 39.0 Å². The first-order valence-corrected chi connectivity index (χ1v) is 10.1. The van der Waals surface area contributed by atoms with Crippen LogP contribution in [0.25, 0.3) is 0 Å². The van der Waals surface area contributed by atoms with Crippen LogP contribution in [0.4, 0.5) is 0 Å². The fraction of sp³-hybridized carbons (Fsp3) is 0.364. The Hall–Kier alpha value is -2.14. The molecule has 5 heteroatoms. The van der Waals surface area contributed by atoms with Gasteiger partial charge >= 0.3 is 5.97 Å². The number of para-hydroxylation sites is 1. The number of hydrogen-bond acceptors (Lipinski definition) is 4. The summed E-state index contributed by atoms with van der Waals surface area (Å²) in [7, 11) is 0. The molecule has 0 saturated heterocycles. The van der Waals surface area contributed by atoms with Crippen LogP contribution in [0.2, 0.25) is 0 Å². The van der Waals surface area contributed by atoms with Crippen molar-refractivity contribution < 1.29 is 19.1 Å². The molecule has 2 rings (SSSR count). The molecule has 0 unspecified atom stereocenters. The fourth-order valence-electron chi connectivity index (χ4n) is 2.59. The number of hydrogen-bond donors (Lipinski definition) is 0. The summed E-state index contributed by atoms with van der Waals surface area (Å²) in [6.07, 6.45) is 5.72. The number of unbranched alkanes of at least 4 members (excludes halogenated alkanes) is 4. The number of carbonyl (C=O) groups excluding carboxylic acids is 2. The van der Waals surface area contributed by atoms with Crippen molar-refractivity contribution in [3.63, 3.8) is 0 Å². The molecule has 0 saturated carbocycles. The Balaban J connectivity index is 1.86. The smallest absolute Gasteiger partial charge is 0.338 e. The van der Waals surface area contributed by atoms with Crippen molar-refractivity contribution in [2.75, 3.05) is 13.2 Å². The highest BCUT2D eigenvalue weighted by Crippen LogP contribution is 2.20. The third kappa shape index (κ3) is 7.18. The molecule has 0 fully saturated rings. The van der Waals surface area contributed by atoms with Crippen LogP contribution in [0, 0.1) is 0 Å². The van der Waals surface area contributed by atoms with Gasteiger partial charge in [-0.1, -0.05) is 60.7 Å². The van der Waals surface area contributed by atoms with Crippen molar-refractivity contribution >= 4 is 27.7 Å². The van der Waals surface area contributed by atoms with E-state index in [4.69, 9.17) is 9.47 Å². The van der Waals surface area contributed by atoms with E-state index in [1.165, 1.54) is 19.3 Å². The van der Waals surface area contributed by atoms with Crippen LogP contribution in [-0.4, -0.2) is 25.0 Å². The number of halogens is 1. The van der Waals surface area contributed by atoms with E-state index < -0.39 is 5.97 Å². The zero-order valence-electron chi connectivity index (χ0n) is 15.6. The lowest BCUT2D eigenvalue weighted by molar-refractivity contribution is 0.0473. The van der Waals surface area contributed by atoms with Gasteiger partial charge in [-0.3, -0.25) is 4.79 Å². The van der Waals surface area contributed by atoms with E-state index in [0.29, 0.717) is 23.5 Å². The summed E-state index contributed by atoms with van der Waals surface area (Å²) in [5.74, 6) is -0.259. The van der Waals surface area contributed by atoms with Crippen molar-refractivity contribution in [2.24, 2.45) is 0 Å². The molecule has 4 nitrogen and oxygen atoms in total. The molecule has 0 spiro atoms. The summed E-state index contributed by atoms with van der Waals surface area (Å²) < 4.78 is 11.8. The largest absolute Gasteiger partial charge is 0.493 e. The van der Waals surface area contributed by atoms with E-state index in [1.807, 2.05) is 6.07 Å². The maximum atomic E-state index is 12.5. The van der Waals surface area contributed by atoms with Crippen molar-refractivity contribution in [3.8, 4) is 5.75 Å². The molecule has 0 atom stereocenters. The first kappa shape index (κ1) is 21.2. The average Bonchev–Trinajstić information content (AvgIpc) is 2.69. The summed E-state index contributed by atoms with van der Waals surface area (Å²) in [4.78, 5) is 24.5. The molecule has 0 radical (unpaired) electrons. The SMILES string of the molecule is CCCCCCCOc1ccccc1C(=O)COC(=O)c1ccc(Br)cc1. The van der Waals surface area contributed by atoms with Gasteiger partial charge in [-0.2, -0.15) is 0 Å². The molecule has 144 valence electrons. The number of ether oxygens (including phenoxy) is 2. The van der Waals surface area contributed by atoms with Crippen LogP contribution in [0.5, 0.6) is 5.75 Å². The minimum atomic E-state index is -0.523. The summed E-state index contributed by atoms with van der Waals surface area (Å²) in [6.45, 7) is 2.44. The Morgan fingerprint density at radius 2 is 1.63 bits per heavy atom. The summed E-state index contributed by atoms with van der Waals surface area (Å²) >= 11 is 3.31. The Bertz CT molecular complexity index is 740. The van der Waals surface area contributed by atoms with Gasteiger partial charge in [-0.25, -0.2) is 4.79 Å². The lowest BCUT2D eigenvalue weighted by Crippen LogP contribution is -2.15. The van der Waals surface area contributed by atoms with Crippen molar-refractivity contribution in [3.05, 3.63) is 64.1 Å². The van der Waals surface area contributed by atoms with E-state index >= 15 is 0 Å². The van der Waals surface area contributed by atoms with Crippen molar-refractivity contribution in [1.82, 2.24) is 0 Å². The fourth-order valence-corrected chi connectivity index (χ4v) is 2.85. The highest BCUT2D eigenvalue weighted by atomic mass is 79.9. The second-order valence-corrected chi connectivity index (χ2v) is 7.18. The predicted molar refractivity (Wildman–Crippen MR) is 109 cm³/mol. The van der Waals surface area contributed by atoms with Crippen LogP contribution in [0.15, 0.2) is 53.0 Å². The summed E-state index contributed by atoms with van der Waals surface area (Å²) in [6, 6.07) is 13.9. The molecular weight excluding hydrogens is 408 g/mol. The molecule has 0 N–H and O–H groups in total. The van der Waals surface area contributed by atoms with E-state index in [1.54, 1.807) is 42.5 Å². The van der Waals surface area contributed by atoms with E-state index in [-0.39, 0.29) is 12.4 Å². The zero-order valence-corrected chi connectivity index (χ0v) is 17.2. The Morgan fingerprint density at radius 3 is 2.37 bits per heavy atom. The lowest BCUT2D eigenvalue weighted by Gasteiger charge is -2.11. The van der Waals surface area contributed by atoms with Crippen LogP contribution >= 0.6 is 15.9 Å². The minimum absolute atomic E-state index is 0.276. The molecule has 0 amide bonds. The van der Waals surface area contributed by atoms with Gasteiger partial charge in [0.25, 0.3) is 0 Å². The summed E-state index contributed by atoms with van der Waals surface area (Å²) in [5, 5.41) is 0. The normalized spacial score (nSPS) is 10.4. The topological polar surface area (TPSA) is 52.6 Å². The predicted octanol–water partition coefficient (Wildman–Crippen LogP) is 5.84. The third-order valence-electron chi connectivity index (χ3n) is 4.11. The van der Waals surface area contributed by atoms with Gasteiger partial charge < -0.3 is 9.47 Å². The standard InChI is InChI=1S/C22H25BrO4/c1-2-3-4-5-8-15-26-21-10-7-6-9-19(21)20(24)16-27-22(25)17-11-13-18(23)14-12-17/h6-7,9-14H,2-5,8,15-16H2,1H3. The monoisotopic (exact) mass is 432 g/mol. The maximum absolute atomic E-state index is 12.5. The second-order valence-electron chi connectivity index (χ2n) is 6.27. The molecule has 0 heterocycles. The quantitative estimate of drug-likeness (QED) is 0.254. The minimum Gasteiger partial charge on any atom is -0.493 e. The molecule has 0 bridgehead atoms. The summed E-state index contributed by atoms with van der Waals surface area (Å²) in [5.41, 5.74) is 0.845. The third-order valence-corrected chi connectivity index (χ3v) is 4.64. The van der Waals surface area contributed by atoms with Crippen molar-refractivity contribution in [1.29, 1.82) is 0 Å². The second kappa shape index (κ2) is 11.5. The number of benzene rings is 2. The van der Waals surface area contributed by atoms with Gasteiger partial charge in [0.1, 0.15) is 5.75 Å². The van der Waals surface area contributed by atoms with Crippen LogP contribution in [-0.2, 0) is 4.74 Å². The molecule has 0 aliphatic rings. The van der Waals surface area contributed by atoms with Gasteiger partial charge in [0, 0.05) is 4.47 Å². The highest BCUT2D eigenvalue weighted by Gasteiger charge is 2.15. The van der Waals surface area contributed by atoms with Gasteiger partial charge in [0.05, 0.1) is 17.7 Å². The first-order chi connectivity index (χ1) is 13.1. The lowest BCUT2D eigenvalue weighted by atomic mass is 10.1. The average molecular weight is 433 g/mol. The van der Waals surface area contributed by atoms with Crippen LogP contribution < -0.4 is 4.74 Å². The maximum Gasteiger partial charge on any atom is 0.338 e. The number of rotatable bonds is 11. The van der Waals surface area contributed by atoms with Gasteiger partial charge in [0.2, 0.25) is 5.78 Å². The Morgan fingerprint density at radius 1 is 0.926 bits per heavy atom. The van der Waals surface area contributed by atoms with Gasteiger partial charge in [-0.05, 0) is 42.8 Å². The zero-order chi connectivity index (χ0) is 19.5. The Kier molecular flexibility index (Phi) is 9.05. The Labute approximate surface area is 169 Å². The molecule has 2 aromatic rings. The molecule has 27 heavy (non-hydrogen) atoms. The van der Waals surface area contributed by atoms with E-state index in [0.717, 1.165) is 17.3 Å². The van der Waals surface area contributed by atoms with E-state index in [9.17, 15) is 9.59 Å². The van der Waals surface area contributed by atoms with Gasteiger partial charge in [-0.15, -0.1) is 0 Å². The molecule has 0 aliphatic heterocycles. The molecule has 2 aromatic carbocycles. The number of ketones is 1. The first-order valence-electron chi connectivity index (χ1n) is 9.29.